The van der Waals surface area contributed by atoms with Crippen molar-refractivity contribution in [1.29, 1.82) is 0 Å². The maximum atomic E-state index is 5.90. The van der Waals surface area contributed by atoms with Crippen molar-refractivity contribution in [2.24, 2.45) is 0 Å². The van der Waals surface area contributed by atoms with Crippen LogP contribution in [0.25, 0.3) is 0 Å². The minimum atomic E-state index is -0.118. The van der Waals surface area contributed by atoms with Gasteiger partial charge >= 0.3 is 0 Å². The number of rotatable bonds is 3. The van der Waals surface area contributed by atoms with E-state index in [9.17, 15) is 0 Å². The SMILES string of the molecule is Cc1ccc(OCC2CNCC(C)(C)O2)nc1. The summed E-state index contributed by atoms with van der Waals surface area (Å²) >= 11 is 0. The van der Waals surface area contributed by atoms with Gasteiger partial charge in [0.25, 0.3) is 0 Å². The smallest absolute Gasteiger partial charge is 0.213 e. The number of nitrogens with zero attached hydrogens (tertiary/aromatic N) is 1. The highest BCUT2D eigenvalue weighted by Crippen LogP contribution is 2.16. The van der Waals surface area contributed by atoms with Crippen LogP contribution in [0.2, 0.25) is 0 Å². The van der Waals surface area contributed by atoms with Crippen molar-refractivity contribution < 1.29 is 9.47 Å². The normalized spacial score (nSPS) is 23.4. The summed E-state index contributed by atoms with van der Waals surface area (Å²) in [6.45, 7) is 8.41. The Kier molecular flexibility index (Phi) is 3.64. The third-order valence-corrected chi connectivity index (χ3v) is 2.71. The number of aromatic nitrogens is 1. The Bertz CT molecular complexity index is 362. The van der Waals surface area contributed by atoms with E-state index in [-0.39, 0.29) is 11.7 Å². The first kappa shape index (κ1) is 12.3. The first-order valence-electron chi connectivity index (χ1n) is 5.99. The molecule has 94 valence electrons. The number of pyridine rings is 1. The molecule has 1 aliphatic rings. The standard InChI is InChI=1S/C13H20N2O2/c1-10-4-5-12(15-6-10)16-8-11-7-14-9-13(2,3)17-11/h4-6,11,14H,7-9H2,1-3H3. The predicted octanol–water partition coefficient (Wildman–Crippen LogP) is 1.54. The molecule has 2 rings (SSSR count). The van der Waals surface area contributed by atoms with Crippen molar-refractivity contribution in [2.75, 3.05) is 19.7 Å². The summed E-state index contributed by atoms with van der Waals surface area (Å²) in [5.41, 5.74) is 1.02. The Morgan fingerprint density at radius 2 is 2.35 bits per heavy atom. The molecule has 1 saturated heterocycles. The molecule has 1 aromatic heterocycles. The van der Waals surface area contributed by atoms with Crippen LogP contribution in [0.3, 0.4) is 0 Å². The first-order chi connectivity index (χ1) is 8.05. The topological polar surface area (TPSA) is 43.4 Å². The van der Waals surface area contributed by atoms with Gasteiger partial charge in [-0.25, -0.2) is 4.98 Å². The third kappa shape index (κ3) is 3.68. The molecule has 1 unspecified atom stereocenters. The molecule has 0 amide bonds. The van der Waals surface area contributed by atoms with Crippen LogP contribution in [0.1, 0.15) is 19.4 Å². The monoisotopic (exact) mass is 236 g/mol. The molecule has 2 heterocycles. The molecule has 0 spiro atoms. The van der Waals surface area contributed by atoms with Crippen molar-refractivity contribution >= 4 is 0 Å². The zero-order valence-corrected chi connectivity index (χ0v) is 10.7. The van der Waals surface area contributed by atoms with E-state index in [4.69, 9.17) is 9.47 Å². The predicted molar refractivity (Wildman–Crippen MR) is 66.3 cm³/mol. The number of nitrogens with one attached hydrogen (secondary N) is 1. The first-order valence-corrected chi connectivity index (χ1v) is 5.99. The Labute approximate surface area is 102 Å². The van der Waals surface area contributed by atoms with Gasteiger partial charge in [-0.1, -0.05) is 6.07 Å². The molecule has 0 saturated carbocycles. The van der Waals surface area contributed by atoms with Gasteiger partial charge in [0.2, 0.25) is 5.88 Å². The van der Waals surface area contributed by atoms with E-state index in [0.717, 1.165) is 18.7 Å². The van der Waals surface area contributed by atoms with Crippen LogP contribution < -0.4 is 10.1 Å². The summed E-state index contributed by atoms with van der Waals surface area (Å²) in [5, 5.41) is 3.35. The molecular weight excluding hydrogens is 216 g/mol. The van der Waals surface area contributed by atoms with E-state index in [1.165, 1.54) is 0 Å². The van der Waals surface area contributed by atoms with Gasteiger partial charge in [-0.3, -0.25) is 0 Å². The zero-order chi connectivity index (χ0) is 12.3. The maximum Gasteiger partial charge on any atom is 0.213 e. The molecule has 17 heavy (non-hydrogen) atoms. The lowest BCUT2D eigenvalue weighted by Crippen LogP contribution is -2.52. The van der Waals surface area contributed by atoms with Gasteiger partial charge in [0.05, 0.1) is 5.60 Å². The fourth-order valence-electron chi connectivity index (χ4n) is 1.88. The van der Waals surface area contributed by atoms with Gasteiger partial charge in [0.15, 0.2) is 0 Å². The number of ether oxygens (including phenoxy) is 2. The van der Waals surface area contributed by atoms with Crippen LogP contribution in [-0.4, -0.2) is 36.4 Å². The van der Waals surface area contributed by atoms with Gasteiger partial charge in [-0.2, -0.15) is 0 Å². The van der Waals surface area contributed by atoms with Crippen molar-refractivity contribution in [1.82, 2.24) is 10.3 Å². The molecule has 1 aromatic rings. The highest BCUT2D eigenvalue weighted by Gasteiger charge is 2.28. The average Bonchev–Trinajstić information content (AvgIpc) is 2.27. The van der Waals surface area contributed by atoms with Crippen molar-refractivity contribution in [3.05, 3.63) is 23.9 Å². The molecule has 4 nitrogen and oxygen atoms in total. The Morgan fingerprint density at radius 3 is 3.00 bits per heavy atom. The molecule has 1 aliphatic heterocycles. The average molecular weight is 236 g/mol. The molecule has 1 N–H and O–H groups in total. The molecule has 1 fully saturated rings. The van der Waals surface area contributed by atoms with E-state index >= 15 is 0 Å². The Morgan fingerprint density at radius 1 is 1.53 bits per heavy atom. The lowest BCUT2D eigenvalue weighted by molar-refractivity contribution is -0.107. The number of aryl methyl sites for hydroxylation is 1. The molecule has 0 aliphatic carbocycles. The second-order valence-corrected chi connectivity index (χ2v) is 5.12. The lowest BCUT2D eigenvalue weighted by Gasteiger charge is -2.36. The lowest BCUT2D eigenvalue weighted by atomic mass is 10.1. The Hall–Kier alpha value is -1.13. The largest absolute Gasteiger partial charge is 0.475 e. The molecule has 1 atom stereocenters. The molecule has 4 heteroatoms. The molecular formula is C13H20N2O2. The Balaban J connectivity index is 1.84. The second-order valence-electron chi connectivity index (χ2n) is 5.12. The summed E-state index contributed by atoms with van der Waals surface area (Å²) < 4.78 is 11.5. The van der Waals surface area contributed by atoms with Crippen LogP contribution in [-0.2, 0) is 4.74 Å². The van der Waals surface area contributed by atoms with Crippen LogP contribution >= 0.6 is 0 Å². The zero-order valence-electron chi connectivity index (χ0n) is 10.7. The summed E-state index contributed by atoms with van der Waals surface area (Å²) in [6.07, 6.45) is 1.89. The summed E-state index contributed by atoms with van der Waals surface area (Å²) in [7, 11) is 0. The fraction of sp³-hybridized carbons (Fsp3) is 0.615. The second kappa shape index (κ2) is 5.02. The van der Waals surface area contributed by atoms with E-state index in [0.29, 0.717) is 12.5 Å². The van der Waals surface area contributed by atoms with E-state index < -0.39 is 0 Å². The fourth-order valence-corrected chi connectivity index (χ4v) is 1.88. The van der Waals surface area contributed by atoms with E-state index in [2.05, 4.69) is 24.1 Å². The quantitative estimate of drug-likeness (QED) is 0.864. The van der Waals surface area contributed by atoms with Gasteiger partial charge in [0, 0.05) is 25.4 Å². The van der Waals surface area contributed by atoms with E-state index in [1.807, 2.05) is 19.1 Å². The van der Waals surface area contributed by atoms with E-state index in [1.54, 1.807) is 6.20 Å². The molecule has 0 bridgehead atoms. The maximum absolute atomic E-state index is 5.90. The van der Waals surface area contributed by atoms with Gasteiger partial charge in [0.1, 0.15) is 12.7 Å². The van der Waals surface area contributed by atoms with Gasteiger partial charge in [-0.15, -0.1) is 0 Å². The van der Waals surface area contributed by atoms with Gasteiger partial charge < -0.3 is 14.8 Å². The summed E-state index contributed by atoms with van der Waals surface area (Å²) in [5.74, 6) is 0.655. The minimum absolute atomic E-state index is 0.0850. The summed E-state index contributed by atoms with van der Waals surface area (Å²) in [4.78, 5) is 4.20. The highest BCUT2D eigenvalue weighted by molar-refractivity contribution is 5.16. The van der Waals surface area contributed by atoms with Crippen LogP contribution in [0.5, 0.6) is 5.88 Å². The minimum Gasteiger partial charge on any atom is -0.475 e. The van der Waals surface area contributed by atoms with Crippen LogP contribution in [0.4, 0.5) is 0 Å². The van der Waals surface area contributed by atoms with Gasteiger partial charge in [-0.05, 0) is 26.3 Å². The number of morpholine rings is 1. The third-order valence-electron chi connectivity index (χ3n) is 2.71. The molecule has 0 aromatic carbocycles. The van der Waals surface area contributed by atoms with Crippen molar-refractivity contribution in [2.45, 2.75) is 32.5 Å². The van der Waals surface area contributed by atoms with Crippen molar-refractivity contribution in [3.63, 3.8) is 0 Å². The van der Waals surface area contributed by atoms with Crippen LogP contribution in [0.15, 0.2) is 18.3 Å². The summed E-state index contributed by atoms with van der Waals surface area (Å²) in [6, 6.07) is 3.88. The van der Waals surface area contributed by atoms with Crippen molar-refractivity contribution in [3.8, 4) is 5.88 Å². The van der Waals surface area contributed by atoms with Crippen LogP contribution in [0, 0.1) is 6.92 Å². The number of hydrogen-bond acceptors (Lipinski definition) is 4. The highest BCUT2D eigenvalue weighted by atomic mass is 16.6. The molecule has 0 radical (unpaired) electrons. The number of hydrogen-bond donors (Lipinski definition) is 1.